The predicted molar refractivity (Wildman–Crippen MR) is 83.2 cm³/mol. The van der Waals surface area contributed by atoms with Crippen LogP contribution in [0.2, 0.25) is 0 Å². The van der Waals surface area contributed by atoms with E-state index < -0.39 is 0 Å². The maximum absolute atomic E-state index is 13.0. The highest BCUT2D eigenvalue weighted by Gasteiger charge is 2.10. The van der Waals surface area contributed by atoms with E-state index in [1.165, 1.54) is 12.1 Å². The Morgan fingerprint density at radius 1 is 1.18 bits per heavy atom. The Kier molecular flexibility index (Phi) is 5.31. The zero-order valence-corrected chi connectivity index (χ0v) is 12.9. The number of hydrogen-bond acceptors (Lipinski definition) is 6. The first-order valence-electron chi connectivity index (χ1n) is 7.20. The summed E-state index contributed by atoms with van der Waals surface area (Å²) in [6.07, 6.45) is 1.60. The van der Waals surface area contributed by atoms with Crippen LogP contribution >= 0.6 is 11.8 Å². The Balaban J connectivity index is 1.57. The van der Waals surface area contributed by atoms with Gasteiger partial charge in [0.1, 0.15) is 5.82 Å². The van der Waals surface area contributed by atoms with Crippen LogP contribution in [0.5, 0.6) is 0 Å². The predicted octanol–water partition coefficient (Wildman–Crippen LogP) is 2.10. The summed E-state index contributed by atoms with van der Waals surface area (Å²) in [5.41, 5.74) is 1.55. The van der Waals surface area contributed by atoms with Crippen LogP contribution in [0.25, 0.3) is 11.3 Å². The SMILES string of the molecule is Fc1ccc(-c2cnnc(SCCN3CCOCC3)n2)cc1. The Morgan fingerprint density at radius 3 is 2.73 bits per heavy atom. The number of rotatable bonds is 5. The monoisotopic (exact) mass is 320 g/mol. The van der Waals surface area contributed by atoms with E-state index in [2.05, 4.69) is 20.1 Å². The fourth-order valence-corrected chi connectivity index (χ4v) is 3.00. The molecule has 0 amide bonds. The van der Waals surface area contributed by atoms with Crippen molar-refractivity contribution >= 4 is 11.8 Å². The average Bonchev–Trinajstić information content (AvgIpc) is 2.57. The normalized spacial score (nSPS) is 15.9. The Morgan fingerprint density at radius 2 is 1.95 bits per heavy atom. The van der Waals surface area contributed by atoms with Gasteiger partial charge < -0.3 is 4.74 Å². The molecule has 1 saturated heterocycles. The number of halogens is 1. The van der Waals surface area contributed by atoms with Gasteiger partial charge in [0.15, 0.2) is 0 Å². The molecule has 0 unspecified atom stereocenters. The number of benzene rings is 1. The topological polar surface area (TPSA) is 51.1 Å². The van der Waals surface area contributed by atoms with Crippen molar-refractivity contribution in [2.75, 3.05) is 38.6 Å². The molecule has 1 aliphatic heterocycles. The molecule has 0 aliphatic carbocycles. The number of hydrogen-bond donors (Lipinski definition) is 0. The second-order valence-corrected chi connectivity index (χ2v) is 6.00. The molecule has 7 heteroatoms. The minimum atomic E-state index is -0.258. The summed E-state index contributed by atoms with van der Waals surface area (Å²) in [7, 11) is 0. The van der Waals surface area contributed by atoms with Gasteiger partial charge in [-0.05, 0) is 24.3 Å². The van der Waals surface area contributed by atoms with Gasteiger partial charge in [0.2, 0.25) is 5.16 Å². The van der Waals surface area contributed by atoms with Crippen molar-refractivity contribution in [2.45, 2.75) is 5.16 Å². The summed E-state index contributed by atoms with van der Waals surface area (Å²) in [6, 6.07) is 6.23. The van der Waals surface area contributed by atoms with Crippen LogP contribution in [0.15, 0.2) is 35.6 Å². The average molecular weight is 320 g/mol. The molecule has 5 nitrogen and oxygen atoms in total. The third kappa shape index (κ3) is 4.22. The minimum absolute atomic E-state index is 0.258. The van der Waals surface area contributed by atoms with Crippen LogP contribution in [0, 0.1) is 5.82 Å². The summed E-state index contributed by atoms with van der Waals surface area (Å²) in [6.45, 7) is 4.56. The van der Waals surface area contributed by atoms with Gasteiger partial charge in [0.05, 0.1) is 25.1 Å². The molecule has 2 heterocycles. The molecule has 1 fully saturated rings. The smallest absolute Gasteiger partial charge is 0.209 e. The van der Waals surface area contributed by atoms with Crippen LogP contribution in [0.1, 0.15) is 0 Å². The number of thioether (sulfide) groups is 1. The third-order valence-electron chi connectivity index (χ3n) is 3.42. The molecular weight excluding hydrogens is 303 g/mol. The van der Waals surface area contributed by atoms with Gasteiger partial charge in [-0.1, -0.05) is 11.8 Å². The second-order valence-electron chi connectivity index (χ2n) is 4.93. The lowest BCUT2D eigenvalue weighted by Gasteiger charge is -2.26. The van der Waals surface area contributed by atoms with Crippen molar-refractivity contribution in [1.82, 2.24) is 20.1 Å². The standard InChI is InChI=1S/C15H17FN4OS/c16-13-3-1-12(2-4-13)14-11-17-19-15(18-14)22-10-7-20-5-8-21-9-6-20/h1-4,11H,5-10H2. The van der Waals surface area contributed by atoms with Crippen molar-refractivity contribution in [3.8, 4) is 11.3 Å². The molecule has 0 bridgehead atoms. The Labute approximate surface area is 132 Å². The van der Waals surface area contributed by atoms with E-state index >= 15 is 0 Å². The molecule has 0 radical (unpaired) electrons. The Hall–Kier alpha value is -1.57. The highest BCUT2D eigenvalue weighted by atomic mass is 32.2. The summed E-state index contributed by atoms with van der Waals surface area (Å²) in [5, 5.41) is 8.69. The van der Waals surface area contributed by atoms with Gasteiger partial charge in [-0.2, -0.15) is 5.10 Å². The van der Waals surface area contributed by atoms with E-state index in [0.717, 1.165) is 44.2 Å². The van der Waals surface area contributed by atoms with Crippen molar-refractivity contribution in [2.24, 2.45) is 0 Å². The molecule has 0 N–H and O–H groups in total. The van der Waals surface area contributed by atoms with Crippen molar-refractivity contribution in [3.63, 3.8) is 0 Å². The zero-order valence-electron chi connectivity index (χ0n) is 12.1. The van der Waals surface area contributed by atoms with Crippen LogP contribution in [-0.2, 0) is 4.74 Å². The first-order chi connectivity index (χ1) is 10.8. The van der Waals surface area contributed by atoms with Crippen molar-refractivity contribution < 1.29 is 9.13 Å². The molecule has 3 rings (SSSR count). The molecule has 1 aromatic carbocycles. The quantitative estimate of drug-likeness (QED) is 0.787. The fraction of sp³-hybridized carbons (Fsp3) is 0.400. The van der Waals surface area contributed by atoms with Crippen LogP contribution in [-0.4, -0.2) is 58.7 Å². The highest BCUT2D eigenvalue weighted by molar-refractivity contribution is 7.99. The van der Waals surface area contributed by atoms with Crippen LogP contribution in [0.4, 0.5) is 4.39 Å². The van der Waals surface area contributed by atoms with E-state index in [1.807, 2.05) is 0 Å². The van der Waals surface area contributed by atoms with E-state index in [9.17, 15) is 4.39 Å². The molecule has 0 saturated carbocycles. The number of morpholine rings is 1. The van der Waals surface area contributed by atoms with Gasteiger partial charge in [-0.3, -0.25) is 4.90 Å². The molecule has 2 aromatic rings. The van der Waals surface area contributed by atoms with E-state index in [1.54, 1.807) is 30.1 Å². The summed E-state index contributed by atoms with van der Waals surface area (Å²) in [4.78, 5) is 6.85. The first-order valence-corrected chi connectivity index (χ1v) is 8.18. The number of ether oxygens (including phenoxy) is 1. The van der Waals surface area contributed by atoms with E-state index in [-0.39, 0.29) is 5.82 Å². The number of nitrogens with zero attached hydrogens (tertiary/aromatic N) is 4. The van der Waals surface area contributed by atoms with Gasteiger partial charge in [0, 0.05) is 31.0 Å². The summed E-state index contributed by atoms with van der Waals surface area (Å²) >= 11 is 1.58. The van der Waals surface area contributed by atoms with Crippen molar-refractivity contribution in [3.05, 3.63) is 36.3 Å². The zero-order chi connectivity index (χ0) is 15.2. The molecule has 116 valence electrons. The largest absolute Gasteiger partial charge is 0.379 e. The van der Waals surface area contributed by atoms with Gasteiger partial charge in [-0.15, -0.1) is 5.10 Å². The van der Waals surface area contributed by atoms with Crippen LogP contribution < -0.4 is 0 Å². The number of aromatic nitrogens is 3. The molecule has 22 heavy (non-hydrogen) atoms. The molecule has 0 atom stereocenters. The van der Waals surface area contributed by atoms with Gasteiger partial charge >= 0.3 is 0 Å². The lowest BCUT2D eigenvalue weighted by Crippen LogP contribution is -2.37. The van der Waals surface area contributed by atoms with E-state index in [0.29, 0.717) is 10.9 Å². The molecular formula is C15H17FN4OS. The maximum atomic E-state index is 13.0. The summed E-state index contributed by atoms with van der Waals surface area (Å²) in [5.74, 6) is 0.653. The van der Waals surface area contributed by atoms with Gasteiger partial charge in [0.25, 0.3) is 0 Å². The first kappa shape index (κ1) is 15.3. The van der Waals surface area contributed by atoms with Gasteiger partial charge in [-0.25, -0.2) is 9.37 Å². The van der Waals surface area contributed by atoms with Crippen molar-refractivity contribution in [1.29, 1.82) is 0 Å². The maximum Gasteiger partial charge on any atom is 0.209 e. The second kappa shape index (κ2) is 7.62. The molecule has 1 aromatic heterocycles. The Bertz CT molecular complexity index is 605. The summed E-state index contributed by atoms with van der Waals surface area (Å²) < 4.78 is 18.3. The molecule has 0 spiro atoms. The highest BCUT2D eigenvalue weighted by Crippen LogP contribution is 2.19. The minimum Gasteiger partial charge on any atom is -0.379 e. The van der Waals surface area contributed by atoms with Crippen LogP contribution in [0.3, 0.4) is 0 Å². The fourth-order valence-electron chi connectivity index (χ4n) is 2.20. The van der Waals surface area contributed by atoms with E-state index in [4.69, 9.17) is 4.74 Å². The third-order valence-corrected chi connectivity index (χ3v) is 4.24. The molecule has 1 aliphatic rings. The lowest BCUT2D eigenvalue weighted by atomic mass is 10.2. The lowest BCUT2D eigenvalue weighted by molar-refractivity contribution is 0.0410.